The molecule has 0 radical (unpaired) electrons. The van der Waals surface area contributed by atoms with E-state index in [1.54, 1.807) is 0 Å². The maximum atomic E-state index is 9.82. The van der Waals surface area contributed by atoms with Crippen LogP contribution in [0.15, 0.2) is 0 Å². The molecule has 1 amide bonds. The predicted molar refractivity (Wildman–Crippen MR) is 61.5 cm³/mol. The molecule has 0 atom stereocenters. The Morgan fingerprint density at radius 1 is 1.45 bits per heavy atom. The van der Waals surface area contributed by atoms with E-state index in [2.05, 4.69) is 41.4 Å². The maximum absolute atomic E-state index is 9.82. The average molecular weight is 287 g/mol. The van der Waals surface area contributed by atoms with Gasteiger partial charge in [0.1, 0.15) is 5.57 Å². The second kappa shape index (κ2) is 7.09. The van der Waals surface area contributed by atoms with E-state index in [0.717, 1.165) is 6.42 Å². The van der Waals surface area contributed by atoms with Crippen molar-refractivity contribution in [1.29, 1.82) is 0 Å². The van der Waals surface area contributed by atoms with Gasteiger partial charge in [-0.2, -0.15) is 0 Å². The van der Waals surface area contributed by atoms with Crippen molar-refractivity contribution in [3.05, 3.63) is 0 Å². The van der Waals surface area contributed by atoms with Gasteiger partial charge in [0.05, 0.1) is 0 Å². The number of hydrogen-bond donors (Lipinski definition) is 1. The minimum Gasteiger partial charge on any atom is -0.370 e. The Morgan fingerprint density at radius 3 is 1.73 bits per heavy atom. The first kappa shape index (κ1) is 14.0. The normalized spacial score (nSPS) is 9.91. The second-order valence-electron chi connectivity index (χ2n) is 3.28. The monoisotopic (exact) mass is 287 g/mol. The number of hydrogen-bond acceptors (Lipinski definition) is 1. The van der Waals surface area contributed by atoms with Crippen molar-refractivity contribution in [1.82, 2.24) is 0 Å². The van der Waals surface area contributed by atoms with Crippen molar-refractivity contribution in [2.24, 2.45) is 5.73 Å². The van der Waals surface area contributed by atoms with Crippen LogP contribution in [0.25, 0.3) is 0 Å². The molecule has 0 bridgehead atoms. The lowest BCUT2D eigenvalue weighted by Crippen LogP contribution is -2.08. The van der Waals surface area contributed by atoms with Crippen molar-refractivity contribution in [3.63, 3.8) is 0 Å². The summed E-state index contributed by atoms with van der Waals surface area (Å²) < 4.78 is 0. The molecule has 0 aliphatic rings. The third-order valence-corrected chi connectivity index (χ3v) is 0.496. The van der Waals surface area contributed by atoms with Gasteiger partial charge in [-0.25, -0.2) is 0 Å². The molecule has 0 saturated carbocycles. The number of halogens is 1. The molecule has 0 heterocycles. The molecule has 0 aromatic heterocycles. The summed E-state index contributed by atoms with van der Waals surface area (Å²) in [6.07, 6.45) is 1.37. The molecule has 0 rings (SSSR count). The Hall–Kier alpha value is 0.417. The fourth-order valence-electron chi connectivity index (χ4n) is 0.246. The molecule has 0 aromatic rings. The molecule has 0 aliphatic carbocycles. The zero-order valence-electron chi connectivity index (χ0n) is 7.78. The first-order chi connectivity index (χ1) is 4.77. The van der Waals surface area contributed by atoms with Gasteiger partial charge < -0.3 is 5.73 Å². The van der Waals surface area contributed by atoms with E-state index in [9.17, 15) is 4.79 Å². The van der Waals surface area contributed by atoms with Gasteiger partial charge in [-0.05, 0) is 6.42 Å². The van der Waals surface area contributed by atoms with E-state index in [1.807, 2.05) is 6.92 Å². The Bertz CT molecular complexity index is 105. The van der Waals surface area contributed by atoms with E-state index in [1.165, 1.54) is 0 Å². The van der Waals surface area contributed by atoms with Gasteiger partial charge in [0, 0.05) is 6.42 Å². The zero-order chi connectivity index (χ0) is 9.49. The number of nitrogens with two attached hydrogens (primary N) is 1. The van der Waals surface area contributed by atoms with Crippen LogP contribution in [-0.4, -0.2) is 11.5 Å². The molecule has 0 fully saturated rings. The average Bonchev–Trinajstić information content (AvgIpc) is 1.58. The highest BCUT2D eigenvalue weighted by Crippen LogP contribution is 2.08. The molecular formula is C7H18INOSi. The molecule has 2 nitrogen and oxygen atoms in total. The van der Waals surface area contributed by atoms with Gasteiger partial charge in [-0.1, -0.05) is 26.6 Å². The predicted octanol–water partition coefficient (Wildman–Crippen LogP) is 2.53. The Kier molecular flexibility index (Phi) is 9.00. The van der Waals surface area contributed by atoms with Crippen LogP contribution >= 0.6 is 21.8 Å². The number of carbonyl (C=O) groups is 1. The highest BCUT2D eigenvalue weighted by Gasteiger charge is 2.02. The molecule has 0 aromatic carbocycles. The molecular weight excluding hydrogens is 269 g/mol. The van der Waals surface area contributed by atoms with Crippen LogP contribution in [0.3, 0.4) is 0 Å². The highest BCUT2D eigenvalue weighted by atomic mass is 127. The molecule has 0 aliphatic heterocycles. The molecule has 4 heteroatoms. The quantitative estimate of drug-likeness (QED) is 0.473. The molecule has 0 saturated heterocycles. The van der Waals surface area contributed by atoms with Gasteiger partial charge in [0.25, 0.3) is 0 Å². The minimum absolute atomic E-state index is 0.211. The van der Waals surface area contributed by atoms with Crippen molar-refractivity contribution >= 4 is 33.3 Å². The van der Waals surface area contributed by atoms with Crippen LogP contribution in [-0.2, 0) is 4.79 Å². The summed E-state index contributed by atoms with van der Waals surface area (Å²) in [7, 11) is 0. The van der Waals surface area contributed by atoms with Gasteiger partial charge in [-0.3, -0.25) is 4.79 Å². The summed E-state index contributed by atoms with van der Waals surface area (Å²) in [5.74, 6) is -0.211. The topological polar surface area (TPSA) is 43.1 Å². The van der Waals surface area contributed by atoms with Crippen molar-refractivity contribution in [2.45, 2.75) is 39.4 Å². The van der Waals surface area contributed by atoms with E-state index in [-0.39, 0.29) is 5.91 Å². The third kappa shape index (κ3) is 63.2. The maximum Gasteiger partial charge on any atom is 0.217 e. The lowest BCUT2D eigenvalue weighted by molar-refractivity contribution is -0.118. The molecule has 0 unspecified atom stereocenters. The molecule has 0 spiro atoms. The largest absolute Gasteiger partial charge is 0.370 e. The Balaban J connectivity index is 0. The van der Waals surface area contributed by atoms with Crippen LogP contribution in [0, 0.1) is 0 Å². The van der Waals surface area contributed by atoms with Crippen LogP contribution in [0.2, 0.25) is 19.6 Å². The number of primary amides is 1. The van der Waals surface area contributed by atoms with E-state index < -0.39 is 5.57 Å². The van der Waals surface area contributed by atoms with Crippen LogP contribution in [0.5, 0.6) is 0 Å². The third-order valence-electron chi connectivity index (χ3n) is 0.496. The summed E-state index contributed by atoms with van der Waals surface area (Å²) in [5.41, 5.74) is 4.12. The smallest absolute Gasteiger partial charge is 0.217 e. The lowest BCUT2D eigenvalue weighted by Gasteiger charge is -1.98. The first-order valence-corrected chi connectivity index (χ1v) is 10.4. The van der Waals surface area contributed by atoms with Crippen molar-refractivity contribution in [3.8, 4) is 0 Å². The fourth-order valence-corrected chi connectivity index (χ4v) is 0.246. The van der Waals surface area contributed by atoms with Crippen LogP contribution in [0.1, 0.15) is 19.8 Å². The van der Waals surface area contributed by atoms with Gasteiger partial charge >= 0.3 is 0 Å². The standard InChI is InChI=1S/C4H9NO.C3H9ISi/c1-2-3-4(5)6;1-5(2,3)4/h2-3H2,1H3,(H2,5,6);1-3H3. The molecule has 11 heavy (non-hydrogen) atoms. The first-order valence-electron chi connectivity index (χ1n) is 3.74. The van der Waals surface area contributed by atoms with Crippen LogP contribution in [0.4, 0.5) is 0 Å². The summed E-state index contributed by atoms with van der Waals surface area (Å²) >= 11 is 2.52. The lowest BCUT2D eigenvalue weighted by atomic mass is 10.3. The van der Waals surface area contributed by atoms with Crippen molar-refractivity contribution < 1.29 is 4.79 Å². The Morgan fingerprint density at radius 2 is 1.73 bits per heavy atom. The van der Waals surface area contributed by atoms with Crippen molar-refractivity contribution in [2.75, 3.05) is 0 Å². The summed E-state index contributed by atoms with van der Waals surface area (Å²) in [4.78, 5) is 9.82. The van der Waals surface area contributed by atoms with Gasteiger partial charge in [0.15, 0.2) is 0 Å². The fraction of sp³-hybridized carbons (Fsp3) is 0.857. The van der Waals surface area contributed by atoms with Gasteiger partial charge in [0.2, 0.25) is 5.91 Å². The number of amides is 1. The van der Waals surface area contributed by atoms with Gasteiger partial charge in [-0.15, -0.1) is 21.8 Å². The minimum atomic E-state index is -0.641. The Labute approximate surface area is 83.2 Å². The summed E-state index contributed by atoms with van der Waals surface area (Å²) in [6, 6.07) is 0. The van der Waals surface area contributed by atoms with E-state index in [0.29, 0.717) is 6.42 Å². The molecule has 2 N–H and O–H groups in total. The summed E-state index contributed by atoms with van der Waals surface area (Å²) in [6.45, 7) is 8.86. The zero-order valence-corrected chi connectivity index (χ0v) is 10.9. The second-order valence-corrected chi connectivity index (χ2v) is 17.1. The highest BCUT2D eigenvalue weighted by molar-refractivity contribution is 14.1. The van der Waals surface area contributed by atoms with E-state index in [4.69, 9.17) is 5.73 Å². The number of carbonyl (C=O) groups excluding carboxylic acids is 1. The van der Waals surface area contributed by atoms with Crippen LogP contribution < -0.4 is 5.73 Å². The molecule has 68 valence electrons. The van der Waals surface area contributed by atoms with E-state index >= 15 is 0 Å². The number of rotatable bonds is 2. The summed E-state index contributed by atoms with van der Waals surface area (Å²) in [5, 5.41) is 0. The SMILES string of the molecule is CCCC(N)=O.C[Si](C)(C)I.